The minimum atomic E-state index is -1.93. The Morgan fingerprint density at radius 1 is 1.10 bits per heavy atom. The molecule has 1 heterocycles. The van der Waals surface area contributed by atoms with Gasteiger partial charge in [0.2, 0.25) is 0 Å². The van der Waals surface area contributed by atoms with Crippen LogP contribution in [0.4, 0.5) is 0 Å². The maximum Gasteiger partial charge on any atom is 0.255 e. The Bertz CT molecular complexity index is 905. The van der Waals surface area contributed by atoms with Crippen LogP contribution in [0.15, 0.2) is 53.0 Å². The zero-order chi connectivity index (χ0) is 21.8. The minimum absolute atomic E-state index is 0.195. The molecule has 0 aromatic heterocycles. The van der Waals surface area contributed by atoms with Crippen molar-refractivity contribution in [1.29, 1.82) is 0 Å². The molecule has 2 amide bonds. The van der Waals surface area contributed by atoms with Crippen LogP contribution < -0.4 is 5.32 Å². The van der Waals surface area contributed by atoms with E-state index in [-0.39, 0.29) is 13.2 Å². The van der Waals surface area contributed by atoms with E-state index in [0.717, 1.165) is 21.2 Å². The predicted molar refractivity (Wildman–Crippen MR) is 114 cm³/mol. The van der Waals surface area contributed by atoms with Crippen LogP contribution in [0, 0.1) is 0 Å². The second-order valence-electron chi connectivity index (χ2n) is 7.45. The highest BCUT2D eigenvalue weighted by Gasteiger charge is 2.38. The fourth-order valence-electron chi connectivity index (χ4n) is 3.59. The largest absolute Gasteiger partial charge is 0.394 e. The summed E-state index contributed by atoms with van der Waals surface area (Å²) >= 11 is 3.34. The van der Waals surface area contributed by atoms with Gasteiger partial charge in [-0.1, -0.05) is 52.3 Å². The fraction of sp³-hybridized carbons (Fsp3) is 0.364. The zero-order valence-corrected chi connectivity index (χ0v) is 18.1. The molecule has 0 aliphatic carbocycles. The number of carbonyl (C=O) groups excluding carboxylic acids is 2. The lowest BCUT2D eigenvalue weighted by molar-refractivity contribution is -0.156. The molecule has 160 valence electrons. The maximum atomic E-state index is 12.8. The van der Waals surface area contributed by atoms with Gasteiger partial charge < -0.3 is 25.5 Å². The molecule has 3 rings (SSSR count). The van der Waals surface area contributed by atoms with Gasteiger partial charge in [0.15, 0.2) is 12.2 Å². The molecule has 30 heavy (non-hydrogen) atoms. The normalized spacial score (nSPS) is 18.8. The molecule has 1 aliphatic rings. The average molecular weight is 477 g/mol. The molecule has 8 heteroatoms. The van der Waals surface area contributed by atoms with Crippen LogP contribution in [-0.4, -0.2) is 56.9 Å². The highest BCUT2D eigenvalue weighted by molar-refractivity contribution is 9.10. The monoisotopic (exact) mass is 476 g/mol. The van der Waals surface area contributed by atoms with Crippen molar-refractivity contribution in [3.63, 3.8) is 0 Å². The summed E-state index contributed by atoms with van der Waals surface area (Å²) in [6.07, 6.45) is -3.41. The quantitative estimate of drug-likeness (QED) is 0.502. The molecule has 2 aromatic carbocycles. The van der Waals surface area contributed by atoms with Gasteiger partial charge in [-0.05, 0) is 42.2 Å². The van der Waals surface area contributed by atoms with Crippen molar-refractivity contribution >= 4 is 27.7 Å². The van der Waals surface area contributed by atoms with Crippen molar-refractivity contribution in [3.8, 4) is 0 Å². The summed E-state index contributed by atoms with van der Waals surface area (Å²) in [6.45, 7) is 1.65. The Hall–Kier alpha value is -2.26. The van der Waals surface area contributed by atoms with Gasteiger partial charge >= 0.3 is 0 Å². The van der Waals surface area contributed by atoms with E-state index in [1.165, 1.54) is 4.90 Å². The second kappa shape index (κ2) is 9.70. The van der Waals surface area contributed by atoms with Crippen LogP contribution in [0.3, 0.4) is 0 Å². The topological polar surface area (TPSA) is 110 Å². The lowest BCUT2D eigenvalue weighted by atomic mass is 9.93. The Morgan fingerprint density at radius 3 is 2.37 bits per heavy atom. The number of amides is 2. The van der Waals surface area contributed by atoms with E-state index in [4.69, 9.17) is 0 Å². The Labute approximate surface area is 183 Å². The maximum absolute atomic E-state index is 12.8. The Morgan fingerprint density at radius 2 is 1.73 bits per heavy atom. The molecule has 1 unspecified atom stereocenters. The van der Waals surface area contributed by atoms with Gasteiger partial charge in [0, 0.05) is 11.0 Å². The Balaban J connectivity index is 1.67. The summed E-state index contributed by atoms with van der Waals surface area (Å²) in [4.78, 5) is 26.6. The first-order valence-corrected chi connectivity index (χ1v) is 10.5. The lowest BCUT2D eigenvalue weighted by Crippen LogP contribution is -2.55. The van der Waals surface area contributed by atoms with E-state index >= 15 is 0 Å². The van der Waals surface area contributed by atoms with Crippen LogP contribution in [0.25, 0.3) is 0 Å². The molecule has 4 atom stereocenters. The summed E-state index contributed by atoms with van der Waals surface area (Å²) in [5.74, 6) is -1.63. The summed E-state index contributed by atoms with van der Waals surface area (Å²) in [7, 11) is 0. The second-order valence-corrected chi connectivity index (χ2v) is 8.36. The number of aliphatic hydroxyl groups excluding tert-OH is 3. The highest BCUT2D eigenvalue weighted by atomic mass is 79.9. The van der Waals surface area contributed by atoms with Crippen LogP contribution >= 0.6 is 15.9 Å². The van der Waals surface area contributed by atoms with Crippen LogP contribution in [0.1, 0.15) is 29.7 Å². The molecule has 0 spiro atoms. The van der Waals surface area contributed by atoms with Crippen molar-refractivity contribution in [3.05, 3.63) is 69.7 Å². The van der Waals surface area contributed by atoms with Crippen LogP contribution in [-0.2, 0) is 22.6 Å². The third-order valence-corrected chi connectivity index (χ3v) is 5.93. The predicted octanol–water partition coefficient (Wildman–Crippen LogP) is 1.29. The average Bonchev–Trinajstić information content (AvgIpc) is 2.76. The molecule has 7 nitrogen and oxygen atoms in total. The number of carbonyl (C=O) groups is 2. The molecular weight excluding hydrogens is 452 g/mol. The number of halogens is 1. The number of fused-ring (bicyclic) bond motifs is 1. The number of benzene rings is 2. The minimum Gasteiger partial charge on any atom is -0.394 e. The zero-order valence-electron chi connectivity index (χ0n) is 16.5. The van der Waals surface area contributed by atoms with Crippen LogP contribution in [0.2, 0.25) is 0 Å². The van der Waals surface area contributed by atoms with E-state index in [2.05, 4.69) is 21.2 Å². The fourth-order valence-corrected chi connectivity index (χ4v) is 3.85. The molecule has 2 aromatic rings. The third-order valence-electron chi connectivity index (χ3n) is 5.40. The lowest BCUT2D eigenvalue weighted by Gasteiger charge is -2.37. The number of hydrogen-bond donors (Lipinski definition) is 4. The first-order valence-electron chi connectivity index (χ1n) is 9.72. The molecule has 0 fully saturated rings. The molecule has 4 N–H and O–H groups in total. The number of nitrogens with zero attached hydrogens (tertiary/aromatic N) is 1. The first-order chi connectivity index (χ1) is 14.3. The van der Waals surface area contributed by atoms with E-state index in [0.29, 0.717) is 6.42 Å². The molecular formula is C22H25BrN2O5. The van der Waals surface area contributed by atoms with Gasteiger partial charge in [0.05, 0.1) is 18.7 Å². The van der Waals surface area contributed by atoms with Crippen molar-refractivity contribution in [2.45, 2.75) is 44.2 Å². The van der Waals surface area contributed by atoms with E-state index in [9.17, 15) is 24.9 Å². The van der Waals surface area contributed by atoms with Crippen molar-refractivity contribution in [2.24, 2.45) is 0 Å². The van der Waals surface area contributed by atoms with Crippen LogP contribution in [0.5, 0.6) is 0 Å². The van der Waals surface area contributed by atoms with Gasteiger partial charge in [-0.25, -0.2) is 0 Å². The molecule has 0 saturated heterocycles. The van der Waals surface area contributed by atoms with Gasteiger partial charge in [-0.2, -0.15) is 0 Å². The van der Waals surface area contributed by atoms with E-state index in [1.807, 2.05) is 48.5 Å². The number of rotatable bonds is 6. The smallest absolute Gasteiger partial charge is 0.255 e. The number of nitrogens with one attached hydrogen (secondary N) is 1. The third kappa shape index (κ3) is 4.89. The van der Waals surface area contributed by atoms with Crippen molar-refractivity contribution < 1.29 is 24.9 Å². The summed E-state index contributed by atoms with van der Waals surface area (Å²) in [6, 6.07) is 13.9. The van der Waals surface area contributed by atoms with Crippen molar-refractivity contribution in [2.75, 3.05) is 6.61 Å². The first kappa shape index (κ1) is 22.4. The number of aliphatic hydroxyl groups is 3. The molecule has 1 aliphatic heterocycles. The molecule has 0 radical (unpaired) electrons. The Kier molecular flexibility index (Phi) is 7.25. The standard InChI is InChI=1S/C22H25BrN2O5/c1-13(14-6-8-17(23)9-7-14)24-21(29)19(27)20(28)22(30)25-11-16-5-3-2-4-15(16)10-18(25)12-26/h2-9,13,18-20,26-28H,10-12H2,1H3,(H,24,29)/t13-,18?,19+,20+/m0/s1. The van der Waals surface area contributed by atoms with Gasteiger partial charge in [0.25, 0.3) is 11.8 Å². The number of hydrogen-bond acceptors (Lipinski definition) is 5. The van der Waals surface area contributed by atoms with Crippen molar-refractivity contribution in [1.82, 2.24) is 10.2 Å². The summed E-state index contributed by atoms with van der Waals surface area (Å²) in [5, 5.41) is 33.0. The van der Waals surface area contributed by atoms with E-state index < -0.39 is 36.1 Å². The van der Waals surface area contributed by atoms with Gasteiger partial charge in [-0.3, -0.25) is 9.59 Å². The highest BCUT2D eigenvalue weighted by Crippen LogP contribution is 2.24. The van der Waals surface area contributed by atoms with Gasteiger partial charge in [0.1, 0.15) is 0 Å². The van der Waals surface area contributed by atoms with E-state index in [1.54, 1.807) is 6.92 Å². The van der Waals surface area contributed by atoms with Gasteiger partial charge in [-0.15, -0.1) is 0 Å². The molecule has 0 bridgehead atoms. The summed E-state index contributed by atoms with van der Waals surface area (Å²) < 4.78 is 0.896. The summed E-state index contributed by atoms with van der Waals surface area (Å²) in [5.41, 5.74) is 2.75. The SMILES string of the molecule is C[C@H](NC(=O)[C@H](O)[C@@H](O)C(=O)N1Cc2ccccc2CC1CO)c1ccc(Br)cc1. The molecule has 0 saturated carbocycles.